The van der Waals surface area contributed by atoms with Gasteiger partial charge in [-0.1, -0.05) is 0 Å². The van der Waals surface area contributed by atoms with E-state index in [0.29, 0.717) is 6.61 Å². The fourth-order valence-corrected chi connectivity index (χ4v) is 0.544. The highest BCUT2D eigenvalue weighted by Gasteiger charge is 2.05. The Morgan fingerprint density at radius 2 is 2.62 bits per heavy atom. The number of ether oxygens (including phenoxy) is 1. The third-order valence-corrected chi connectivity index (χ3v) is 0.930. The Bertz CT molecular complexity index is 82.4. The zero-order chi connectivity index (χ0) is 5.82. The Hall–Kier alpha value is -0.570. The molecule has 1 rings (SSSR count). The van der Waals surface area contributed by atoms with E-state index >= 15 is 0 Å². The summed E-state index contributed by atoms with van der Waals surface area (Å²) in [5.74, 6) is -0.262. The zero-order valence-corrected chi connectivity index (χ0v) is 4.52. The molecule has 1 aliphatic rings. The predicted octanol–water partition coefficient (Wildman–Crippen LogP) is -0.315. The minimum atomic E-state index is -0.262. The maximum atomic E-state index is 10.3. The molecule has 0 bridgehead atoms. The van der Waals surface area contributed by atoms with E-state index in [1.54, 1.807) is 0 Å². The summed E-state index contributed by atoms with van der Waals surface area (Å²) in [5.41, 5.74) is 0. The predicted molar refractivity (Wildman–Crippen MR) is 27.9 cm³/mol. The highest BCUT2D eigenvalue weighted by atomic mass is 16.5. The van der Waals surface area contributed by atoms with Crippen LogP contribution in [0.15, 0.2) is 0 Å². The molecule has 0 aromatic carbocycles. The molecule has 0 atom stereocenters. The summed E-state index contributed by atoms with van der Waals surface area (Å²) in [5, 5.41) is 2.80. The Morgan fingerprint density at radius 3 is 3.50 bits per heavy atom. The molecule has 0 unspecified atom stereocenters. The SMILES string of the molecule is O=C1[CH]NCCCO1. The number of carbonyl (C=O) groups excluding carboxylic acids is 1. The van der Waals surface area contributed by atoms with E-state index in [9.17, 15) is 4.79 Å². The van der Waals surface area contributed by atoms with E-state index in [-0.39, 0.29) is 5.97 Å². The topological polar surface area (TPSA) is 38.3 Å². The Balaban J connectivity index is 2.27. The van der Waals surface area contributed by atoms with Crippen LogP contribution in [0.2, 0.25) is 0 Å². The molecule has 0 amide bonds. The maximum Gasteiger partial charge on any atom is 0.325 e. The van der Waals surface area contributed by atoms with Crippen molar-refractivity contribution in [3.8, 4) is 0 Å². The van der Waals surface area contributed by atoms with Crippen molar-refractivity contribution in [3.05, 3.63) is 6.54 Å². The van der Waals surface area contributed by atoms with Gasteiger partial charge in [0.2, 0.25) is 0 Å². The van der Waals surface area contributed by atoms with Gasteiger partial charge in [-0.3, -0.25) is 4.79 Å². The van der Waals surface area contributed by atoms with Crippen LogP contribution in [0.1, 0.15) is 6.42 Å². The molecule has 8 heavy (non-hydrogen) atoms. The average Bonchev–Trinajstić information content (AvgIpc) is 1.94. The summed E-state index contributed by atoms with van der Waals surface area (Å²) in [6.07, 6.45) is 0.905. The van der Waals surface area contributed by atoms with Gasteiger partial charge in [-0.2, -0.15) is 0 Å². The summed E-state index contributed by atoms with van der Waals surface area (Å²) in [6, 6.07) is 0. The third kappa shape index (κ3) is 1.50. The van der Waals surface area contributed by atoms with Gasteiger partial charge >= 0.3 is 5.97 Å². The quantitative estimate of drug-likeness (QED) is 0.439. The van der Waals surface area contributed by atoms with E-state index < -0.39 is 0 Å². The molecule has 1 aliphatic heterocycles. The average molecular weight is 114 g/mol. The standard InChI is InChI=1S/C5H8NO2/c7-5-4-6-2-1-3-8-5/h4,6H,1-3H2. The second kappa shape index (κ2) is 2.67. The van der Waals surface area contributed by atoms with Crippen molar-refractivity contribution in [2.75, 3.05) is 13.2 Å². The molecule has 1 fully saturated rings. The van der Waals surface area contributed by atoms with Gasteiger partial charge in [-0.15, -0.1) is 0 Å². The molecule has 0 aliphatic carbocycles. The van der Waals surface area contributed by atoms with E-state index in [4.69, 9.17) is 0 Å². The number of carbonyl (C=O) groups is 1. The second-order valence-electron chi connectivity index (χ2n) is 1.62. The monoisotopic (exact) mass is 114 g/mol. The zero-order valence-electron chi connectivity index (χ0n) is 4.52. The molecule has 1 N–H and O–H groups in total. The Morgan fingerprint density at radius 1 is 1.75 bits per heavy atom. The number of rotatable bonds is 0. The molecule has 3 nitrogen and oxygen atoms in total. The van der Waals surface area contributed by atoms with Gasteiger partial charge in [-0.05, 0) is 13.0 Å². The molecular formula is C5H8NO2. The lowest BCUT2D eigenvalue weighted by Gasteiger charge is -1.93. The number of nitrogens with one attached hydrogen (secondary N) is 1. The number of cyclic esters (lactones) is 1. The van der Waals surface area contributed by atoms with Gasteiger partial charge in [-0.25, -0.2) is 0 Å². The third-order valence-electron chi connectivity index (χ3n) is 0.930. The van der Waals surface area contributed by atoms with Gasteiger partial charge in [0, 0.05) is 0 Å². The molecule has 3 heteroatoms. The molecule has 1 radical (unpaired) electrons. The largest absolute Gasteiger partial charge is 0.464 e. The minimum absolute atomic E-state index is 0.262. The molecule has 0 spiro atoms. The fourth-order valence-electron chi connectivity index (χ4n) is 0.544. The lowest BCUT2D eigenvalue weighted by molar-refractivity contribution is -0.139. The first-order valence-corrected chi connectivity index (χ1v) is 2.63. The van der Waals surface area contributed by atoms with E-state index in [2.05, 4.69) is 10.1 Å². The first-order chi connectivity index (χ1) is 3.89. The molecule has 0 aromatic rings. The number of hydrogen-bond acceptors (Lipinski definition) is 3. The molecule has 0 aromatic heterocycles. The molecular weight excluding hydrogens is 106 g/mol. The summed E-state index contributed by atoms with van der Waals surface area (Å²) in [4.78, 5) is 10.3. The summed E-state index contributed by atoms with van der Waals surface area (Å²) < 4.78 is 4.65. The maximum absolute atomic E-state index is 10.3. The van der Waals surface area contributed by atoms with Crippen LogP contribution in [0.3, 0.4) is 0 Å². The van der Waals surface area contributed by atoms with Crippen molar-refractivity contribution in [1.29, 1.82) is 0 Å². The lowest BCUT2D eigenvalue weighted by Crippen LogP contribution is -2.13. The normalized spacial score (nSPS) is 21.8. The van der Waals surface area contributed by atoms with Gasteiger partial charge < -0.3 is 10.1 Å². The van der Waals surface area contributed by atoms with Crippen LogP contribution >= 0.6 is 0 Å². The van der Waals surface area contributed by atoms with Crippen LogP contribution < -0.4 is 5.32 Å². The van der Waals surface area contributed by atoms with Crippen LogP contribution in [0.5, 0.6) is 0 Å². The smallest absolute Gasteiger partial charge is 0.325 e. The van der Waals surface area contributed by atoms with E-state index in [1.807, 2.05) is 0 Å². The van der Waals surface area contributed by atoms with Gasteiger partial charge in [0.05, 0.1) is 6.61 Å². The van der Waals surface area contributed by atoms with Crippen molar-refractivity contribution in [2.45, 2.75) is 6.42 Å². The van der Waals surface area contributed by atoms with Gasteiger partial charge in [0.1, 0.15) is 6.54 Å². The number of esters is 1. The van der Waals surface area contributed by atoms with Gasteiger partial charge in [0.25, 0.3) is 0 Å². The van der Waals surface area contributed by atoms with Crippen molar-refractivity contribution in [1.82, 2.24) is 5.32 Å². The number of hydrogen-bond donors (Lipinski definition) is 1. The molecule has 1 heterocycles. The summed E-state index contributed by atoms with van der Waals surface area (Å²) in [6.45, 7) is 2.74. The first kappa shape index (κ1) is 5.56. The Labute approximate surface area is 48.0 Å². The van der Waals surface area contributed by atoms with Crippen LogP contribution in [-0.2, 0) is 9.53 Å². The van der Waals surface area contributed by atoms with Crippen molar-refractivity contribution >= 4 is 5.97 Å². The van der Waals surface area contributed by atoms with E-state index in [0.717, 1.165) is 13.0 Å². The van der Waals surface area contributed by atoms with Crippen LogP contribution in [0.4, 0.5) is 0 Å². The van der Waals surface area contributed by atoms with Crippen LogP contribution in [-0.4, -0.2) is 19.1 Å². The highest BCUT2D eigenvalue weighted by Crippen LogP contribution is 1.89. The van der Waals surface area contributed by atoms with Gasteiger partial charge in [0.15, 0.2) is 0 Å². The van der Waals surface area contributed by atoms with Crippen LogP contribution in [0, 0.1) is 6.54 Å². The first-order valence-electron chi connectivity index (χ1n) is 2.63. The lowest BCUT2D eigenvalue weighted by atomic mass is 10.5. The van der Waals surface area contributed by atoms with Crippen LogP contribution in [0.25, 0.3) is 0 Å². The summed E-state index contributed by atoms with van der Waals surface area (Å²) >= 11 is 0. The Kier molecular flexibility index (Phi) is 1.86. The second-order valence-corrected chi connectivity index (χ2v) is 1.62. The molecule has 0 saturated carbocycles. The molecule has 1 saturated heterocycles. The van der Waals surface area contributed by atoms with Crippen molar-refractivity contribution in [2.24, 2.45) is 0 Å². The van der Waals surface area contributed by atoms with Crippen molar-refractivity contribution < 1.29 is 9.53 Å². The van der Waals surface area contributed by atoms with Crippen molar-refractivity contribution in [3.63, 3.8) is 0 Å². The minimum Gasteiger partial charge on any atom is -0.464 e. The van der Waals surface area contributed by atoms with E-state index in [1.165, 1.54) is 6.54 Å². The molecule has 45 valence electrons. The summed E-state index contributed by atoms with van der Waals surface area (Å²) in [7, 11) is 0. The fraction of sp³-hybridized carbons (Fsp3) is 0.600. The highest BCUT2D eigenvalue weighted by molar-refractivity contribution is 5.78.